The summed E-state index contributed by atoms with van der Waals surface area (Å²) in [4.78, 5) is 13.7. The lowest BCUT2D eigenvalue weighted by Crippen LogP contribution is -2.41. The summed E-state index contributed by atoms with van der Waals surface area (Å²) in [5.74, 6) is 0.117. The Bertz CT molecular complexity index is 604. The van der Waals surface area contributed by atoms with Crippen LogP contribution in [0.3, 0.4) is 0 Å². The average Bonchev–Trinajstić information content (AvgIpc) is 2.52. The quantitative estimate of drug-likeness (QED) is 0.688. The van der Waals surface area contributed by atoms with Crippen molar-refractivity contribution in [3.8, 4) is 5.75 Å². The molecule has 1 N–H and O–H groups in total. The van der Waals surface area contributed by atoms with E-state index in [1.165, 1.54) is 6.92 Å². The van der Waals surface area contributed by atoms with Crippen LogP contribution in [-0.2, 0) is 21.4 Å². The molecule has 0 fully saturated rings. The molecule has 0 aliphatic rings. The Kier molecular flexibility index (Phi) is 7.84. The van der Waals surface area contributed by atoms with Crippen LogP contribution in [0, 0.1) is 0 Å². The SMILES string of the molecule is CCNC(=O)N(CCOC)Cc1ccccc1OS(=O)(=O)CC. The normalized spacial score (nSPS) is 11.1. The van der Waals surface area contributed by atoms with Crippen LogP contribution >= 0.6 is 0 Å². The number of rotatable bonds is 9. The smallest absolute Gasteiger partial charge is 0.317 e. The van der Waals surface area contributed by atoms with Crippen molar-refractivity contribution in [3.05, 3.63) is 29.8 Å². The Balaban J connectivity index is 2.97. The van der Waals surface area contributed by atoms with Gasteiger partial charge in [-0.25, -0.2) is 4.79 Å². The first kappa shape index (κ1) is 19.2. The molecule has 0 aliphatic heterocycles. The number of hydrogen-bond donors (Lipinski definition) is 1. The molecule has 0 atom stereocenters. The van der Waals surface area contributed by atoms with E-state index in [1.807, 2.05) is 6.92 Å². The highest BCUT2D eigenvalue weighted by Gasteiger charge is 2.17. The molecule has 130 valence electrons. The van der Waals surface area contributed by atoms with E-state index >= 15 is 0 Å². The van der Waals surface area contributed by atoms with Gasteiger partial charge in [0.25, 0.3) is 0 Å². The number of benzene rings is 1. The van der Waals surface area contributed by atoms with Gasteiger partial charge in [-0.1, -0.05) is 18.2 Å². The van der Waals surface area contributed by atoms with E-state index in [-0.39, 0.29) is 24.1 Å². The number of urea groups is 1. The van der Waals surface area contributed by atoms with E-state index in [9.17, 15) is 13.2 Å². The zero-order chi connectivity index (χ0) is 17.3. The van der Waals surface area contributed by atoms with Crippen molar-refractivity contribution in [1.82, 2.24) is 10.2 Å². The highest BCUT2D eigenvalue weighted by atomic mass is 32.2. The highest BCUT2D eigenvalue weighted by Crippen LogP contribution is 2.21. The minimum absolute atomic E-state index is 0.120. The molecule has 0 unspecified atom stereocenters. The van der Waals surface area contributed by atoms with Crippen molar-refractivity contribution in [2.75, 3.05) is 32.6 Å². The first-order valence-electron chi connectivity index (χ1n) is 7.45. The topological polar surface area (TPSA) is 84.9 Å². The van der Waals surface area contributed by atoms with E-state index in [2.05, 4.69) is 5.32 Å². The highest BCUT2D eigenvalue weighted by molar-refractivity contribution is 7.87. The summed E-state index contributed by atoms with van der Waals surface area (Å²) in [6.45, 7) is 4.84. The van der Waals surface area contributed by atoms with Crippen LogP contribution in [-0.4, -0.2) is 51.9 Å². The van der Waals surface area contributed by atoms with Crippen LogP contribution in [0.25, 0.3) is 0 Å². The fourth-order valence-corrected chi connectivity index (χ4v) is 2.39. The van der Waals surface area contributed by atoms with Gasteiger partial charge < -0.3 is 19.1 Å². The molecule has 0 aromatic heterocycles. The fraction of sp³-hybridized carbons (Fsp3) is 0.533. The molecule has 23 heavy (non-hydrogen) atoms. The number of para-hydroxylation sites is 1. The maximum atomic E-state index is 12.1. The Morgan fingerprint density at radius 3 is 2.57 bits per heavy atom. The molecule has 0 bridgehead atoms. The number of nitrogens with zero attached hydrogens (tertiary/aromatic N) is 1. The molecule has 0 heterocycles. The van der Waals surface area contributed by atoms with Crippen molar-refractivity contribution >= 4 is 16.1 Å². The monoisotopic (exact) mass is 344 g/mol. The van der Waals surface area contributed by atoms with Gasteiger partial charge in [0, 0.05) is 25.8 Å². The van der Waals surface area contributed by atoms with Crippen LogP contribution in [0.2, 0.25) is 0 Å². The predicted octanol–water partition coefficient (Wildman–Crippen LogP) is 1.59. The Morgan fingerprint density at radius 2 is 1.96 bits per heavy atom. The molecular weight excluding hydrogens is 320 g/mol. The Hall–Kier alpha value is -1.80. The van der Waals surface area contributed by atoms with Gasteiger partial charge in [-0.05, 0) is 19.9 Å². The summed E-state index contributed by atoms with van der Waals surface area (Å²) in [6, 6.07) is 6.54. The van der Waals surface area contributed by atoms with Crippen molar-refractivity contribution in [2.24, 2.45) is 0 Å². The second-order valence-electron chi connectivity index (χ2n) is 4.79. The van der Waals surface area contributed by atoms with Gasteiger partial charge in [-0.3, -0.25) is 0 Å². The van der Waals surface area contributed by atoms with E-state index in [4.69, 9.17) is 8.92 Å². The van der Waals surface area contributed by atoms with Gasteiger partial charge in [-0.15, -0.1) is 0 Å². The Labute approximate surface area is 137 Å². The van der Waals surface area contributed by atoms with Crippen LogP contribution in [0.4, 0.5) is 4.79 Å². The summed E-state index contributed by atoms with van der Waals surface area (Å²) in [7, 11) is -2.07. The summed E-state index contributed by atoms with van der Waals surface area (Å²) in [6.07, 6.45) is 0. The molecule has 0 spiro atoms. The largest absolute Gasteiger partial charge is 0.383 e. The predicted molar refractivity (Wildman–Crippen MR) is 87.9 cm³/mol. The van der Waals surface area contributed by atoms with E-state index < -0.39 is 10.1 Å². The number of methoxy groups -OCH3 is 1. The third-order valence-corrected chi connectivity index (χ3v) is 4.23. The second kappa shape index (κ2) is 9.36. The number of amides is 2. The molecule has 1 aromatic carbocycles. The number of nitrogens with one attached hydrogen (secondary N) is 1. The van der Waals surface area contributed by atoms with Crippen molar-refractivity contribution in [3.63, 3.8) is 0 Å². The fourth-order valence-electron chi connectivity index (χ4n) is 1.83. The van der Waals surface area contributed by atoms with Crippen LogP contribution < -0.4 is 9.50 Å². The van der Waals surface area contributed by atoms with Gasteiger partial charge in [0.2, 0.25) is 0 Å². The van der Waals surface area contributed by atoms with E-state index in [1.54, 1.807) is 36.3 Å². The molecule has 1 aromatic rings. The summed E-state index contributed by atoms with van der Waals surface area (Å²) in [5, 5.41) is 2.73. The molecule has 0 saturated carbocycles. The van der Waals surface area contributed by atoms with Gasteiger partial charge in [0.05, 0.1) is 18.9 Å². The molecule has 7 nitrogen and oxygen atoms in total. The first-order chi connectivity index (χ1) is 10.9. The van der Waals surface area contributed by atoms with E-state index in [0.29, 0.717) is 25.3 Å². The van der Waals surface area contributed by atoms with Crippen LogP contribution in [0.15, 0.2) is 24.3 Å². The number of carbonyl (C=O) groups is 1. The average molecular weight is 344 g/mol. The van der Waals surface area contributed by atoms with Gasteiger partial charge in [0.1, 0.15) is 5.75 Å². The third-order valence-electron chi connectivity index (χ3n) is 3.08. The first-order valence-corrected chi connectivity index (χ1v) is 9.03. The second-order valence-corrected chi connectivity index (χ2v) is 6.65. The molecule has 0 saturated heterocycles. The summed E-state index contributed by atoms with van der Waals surface area (Å²) < 4.78 is 33.5. The molecule has 8 heteroatoms. The summed E-state index contributed by atoms with van der Waals surface area (Å²) >= 11 is 0. The van der Waals surface area contributed by atoms with Gasteiger partial charge in [-0.2, -0.15) is 8.42 Å². The Morgan fingerprint density at radius 1 is 1.26 bits per heavy atom. The minimum atomic E-state index is -3.62. The molecule has 2 amide bonds. The van der Waals surface area contributed by atoms with Gasteiger partial charge in [0.15, 0.2) is 0 Å². The lowest BCUT2D eigenvalue weighted by Gasteiger charge is -2.23. The maximum Gasteiger partial charge on any atom is 0.317 e. The molecular formula is C15H24N2O5S. The zero-order valence-electron chi connectivity index (χ0n) is 13.7. The van der Waals surface area contributed by atoms with E-state index in [0.717, 1.165) is 0 Å². The number of ether oxygens (including phenoxy) is 1. The van der Waals surface area contributed by atoms with Crippen molar-refractivity contribution in [2.45, 2.75) is 20.4 Å². The maximum absolute atomic E-state index is 12.1. The van der Waals surface area contributed by atoms with Gasteiger partial charge >= 0.3 is 16.1 Å². The molecule has 0 aliphatic carbocycles. The lowest BCUT2D eigenvalue weighted by molar-refractivity contribution is 0.146. The van der Waals surface area contributed by atoms with Crippen molar-refractivity contribution in [1.29, 1.82) is 0 Å². The lowest BCUT2D eigenvalue weighted by atomic mass is 10.2. The molecule has 1 rings (SSSR count). The number of hydrogen-bond acceptors (Lipinski definition) is 5. The van der Waals surface area contributed by atoms with Crippen molar-refractivity contribution < 1.29 is 22.1 Å². The van der Waals surface area contributed by atoms with Crippen LogP contribution in [0.5, 0.6) is 5.75 Å². The zero-order valence-corrected chi connectivity index (χ0v) is 14.6. The summed E-state index contributed by atoms with van der Waals surface area (Å²) in [5.41, 5.74) is 0.617. The third kappa shape index (κ3) is 6.45. The number of carbonyl (C=O) groups excluding carboxylic acids is 1. The van der Waals surface area contributed by atoms with Crippen LogP contribution in [0.1, 0.15) is 19.4 Å². The molecule has 0 radical (unpaired) electrons. The standard InChI is InChI=1S/C15H24N2O5S/c1-4-16-15(18)17(10-11-21-3)12-13-8-6-7-9-14(13)22-23(19,20)5-2/h6-9H,4-5,10-12H2,1-3H3,(H,16,18). The minimum Gasteiger partial charge on any atom is -0.383 e.